The van der Waals surface area contributed by atoms with E-state index in [0.717, 1.165) is 26.2 Å². The van der Waals surface area contributed by atoms with E-state index in [9.17, 15) is 0 Å². The number of nitrogens with one attached hydrogen (secondary N) is 2. The van der Waals surface area contributed by atoms with Crippen molar-refractivity contribution in [3.8, 4) is 0 Å². The maximum atomic E-state index is 6.23. The largest absolute Gasteiger partial charge is 0.369 e. The molecule has 2 N–H and O–H groups in total. The fraction of sp³-hybridized carbons (Fsp3) is 1.00. The summed E-state index contributed by atoms with van der Waals surface area (Å²) < 4.78 is 12.5. The van der Waals surface area contributed by atoms with Gasteiger partial charge in [-0.25, -0.2) is 0 Å². The first-order chi connectivity index (χ1) is 10.8. The lowest BCUT2D eigenvalue weighted by Gasteiger charge is -2.35. The molecule has 0 aromatic heterocycles. The fourth-order valence-corrected chi connectivity index (χ4v) is 5.05. The lowest BCUT2D eigenvalue weighted by molar-refractivity contribution is -0.0718. The van der Waals surface area contributed by atoms with Crippen molar-refractivity contribution in [1.29, 1.82) is 0 Å². The van der Waals surface area contributed by atoms with E-state index in [2.05, 4.69) is 10.6 Å². The zero-order valence-corrected chi connectivity index (χ0v) is 13.9. The molecule has 4 bridgehead atoms. The Hall–Kier alpha value is -0.160. The number of hydrogen-bond donors (Lipinski definition) is 2. The molecular weight excluding hydrogens is 276 g/mol. The summed E-state index contributed by atoms with van der Waals surface area (Å²) >= 11 is 0. The molecule has 4 heterocycles. The van der Waals surface area contributed by atoms with Gasteiger partial charge in [0.1, 0.15) is 0 Å². The summed E-state index contributed by atoms with van der Waals surface area (Å²) in [5.74, 6) is 0. The quantitative estimate of drug-likeness (QED) is 0.709. The van der Waals surface area contributed by atoms with Gasteiger partial charge in [0.2, 0.25) is 0 Å². The maximum absolute atomic E-state index is 6.23. The number of hydrogen-bond acceptors (Lipinski definition) is 4. The molecule has 4 saturated heterocycles. The summed E-state index contributed by atoms with van der Waals surface area (Å²) in [6.07, 6.45) is 13.9. The molecule has 4 atom stereocenters. The highest BCUT2D eigenvalue weighted by molar-refractivity contribution is 4.96. The molecule has 0 amide bonds. The van der Waals surface area contributed by atoms with E-state index in [1.54, 1.807) is 0 Å². The molecule has 126 valence electrons. The van der Waals surface area contributed by atoms with Crippen LogP contribution in [0.5, 0.6) is 0 Å². The monoisotopic (exact) mass is 308 g/mol. The third-order valence-electron chi connectivity index (χ3n) is 6.33. The molecule has 4 aliphatic rings. The predicted octanol–water partition coefficient (Wildman–Crippen LogP) is 2.37. The Kier molecular flexibility index (Phi) is 4.46. The van der Waals surface area contributed by atoms with Gasteiger partial charge >= 0.3 is 0 Å². The molecule has 0 radical (unpaired) electrons. The molecule has 4 fully saturated rings. The second-order valence-corrected chi connectivity index (χ2v) is 8.10. The summed E-state index contributed by atoms with van der Waals surface area (Å²) in [7, 11) is 0. The molecule has 4 rings (SSSR count). The average Bonchev–Trinajstić information content (AvgIpc) is 3.00. The van der Waals surface area contributed by atoms with Gasteiger partial charge in [-0.3, -0.25) is 0 Å². The highest BCUT2D eigenvalue weighted by Gasteiger charge is 2.43. The van der Waals surface area contributed by atoms with Crippen LogP contribution in [-0.2, 0) is 9.47 Å². The van der Waals surface area contributed by atoms with Crippen molar-refractivity contribution in [3.05, 3.63) is 0 Å². The molecule has 4 aliphatic heterocycles. The number of rotatable bonds is 7. The minimum atomic E-state index is 0.191. The lowest BCUT2D eigenvalue weighted by atomic mass is 9.90. The van der Waals surface area contributed by atoms with Crippen LogP contribution in [-0.4, -0.2) is 49.6 Å². The van der Waals surface area contributed by atoms with Gasteiger partial charge in [0.15, 0.2) is 0 Å². The van der Waals surface area contributed by atoms with Gasteiger partial charge in [0.25, 0.3) is 0 Å². The van der Waals surface area contributed by atoms with E-state index >= 15 is 0 Å². The van der Waals surface area contributed by atoms with E-state index in [0.29, 0.717) is 12.2 Å². The summed E-state index contributed by atoms with van der Waals surface area (Å²) in [6.45, 7) is 4.29. The topological polar surface area (TPSA) is 42.5 Å². The first kappa shape index (κ1) is 15.4. The second-order valence-electron chi connectivity index (χ2n) is 8.10. The third kappa shape index (κ3) is 3.21. The summed E-state index contributed by atoms with van der Waals surface area (Å²) in [6, 6.07) is 0. The summed E-state index contributed by atoms with van der Waals surface area (Å²) in [4.78, 5) is 0. The Morgan fingerprint density at radius 1 is 0.727 bits per heavy atom. The van der Waals surface area contributed by atoms with Crippen LogP contribution >= 0.6 is 0 Å². The molecule has 0 aliphatic carbocycles. The van der Waals surface area contributed by atoms with Gasteiger partial charge in [-0.1, -0.05) is 25.7 Å². The van der Waals surface area contributed by atoms with Crippen LogP contribution in [0.3, 0.4) is 0 Å². The normalized spacial score (nSPS) is 43.6. The van der Waals surface area contributed by atoms with E-state index in [-0.39, 0.29) is 11.2 Å². The van der Waals surface area contributed by atoms with Crippen LogP contribution in [0.1, 0.15) is 64.2 Å². The van der Waals surface area contributed by atoms with Crippen molar-refractivity contribution in [2.45, 2.75) is 87.6 Å². The first-order valence-corrected chi connectivity index (χ1v) is 9.55. The van der Waals surface area contributed by atoms with Crippen molar-refractivity contribution in [2.75, 3.05) is 26.2 Å². The van der Waals surface area contributed by atoms with Crippen LogP contribution in [0.2, 0.25) is 0 Å². The molecule has 4 heteroatoms. The van der Waals surface area contributed by atoms with Crippen LogP contribution in [0.25, 0.3) is 0 Å². The first-order valence-electron chi connectivity index (χ1n) is 9.55. The molecule has 0 spiro atoms. The van der Waals surface area contributed by atoms with E-state index in [4.69, 9.17) is 9.47 Å². The Balaban J connectivity index is 1.12. The molecule has 22 heavy (non-hydrogen) atoms. The fourth-order valence-electron chi connectivity index (χ4n) is 5.05. The minimum absolute atomic E-state index is 0.191. The van der Waals surface area contributed by atoms with Crippen LogP contribution in [0.4, 0.5) is 0 Å². The molecule has 0 aromatic rings. The van der Waals surface area contributed by atoms with Gasteiger partial charge in [0, 0.05) is 26.2 Å². The van der Waals surface area contributed by atoms with Crippen molar-refractivity contribution < 1.29 is 9.47 Å². The SMILES string of the molecule is C(CCCC12CCC(CNC1)O2)CCC12CCC(CNC1)O2. The maximum Gasteiger partial charge on any atom is 0.0811 e. The van der Waals surface area contributed by atoms with Crippen LogP contribution in [0, 0.1) is 0 Å². The third-order valence-corrected chi connectivity index (χ3v) is 6.33. The number of ether oxygens (including phenoxy) is 2. The summed E-state index contributed by atoms with van der Waals surface area (Å²) in [5.41, 5.74) is 0.382. The van der Waals surface area contributed by atoms with Crippen molar-refractivity contribution in [2.24, 2.45) is 0 Å². The lowest BCUT2D eigenvalue weighted by Crippen LogP contribution is -2.48. The minimum Gasteiger partial charge on any atom is -0.369 e. The van der Waals surface area contributed by atoms with E-state index < -0.39 is 0 Å². The predicted molar refractivity (Wildman–Crippen MR) is 87.1 cm³/mol. The van der Waals surface area contributed by atoms with Gasteiger partial charge in [-0.2, -0.15) is 0 Å². The molecule has 0 aromatic carbocycles. The van der Waals surface area contributed by atoms with Gasteiger partial charge in [-0.05, 0) is 38.5 Å². The Bertz CT molecular complexity index is 347. The molecule has 4 unspecified atom stereocenters. The van der Waals surface area contributed by atoms with Gasteiger partial charge < -0.3 is 20.1 Å². The smallest absolute Gasteiger partial charge is 0.0811 e. The van der Waals surface area contributed by atoms with E-state index in [1.165, 1.54) is 64.2 Å². The highest BCUT2D eigenvalue weighted by Crippen LogP contribution is 2.38. The standard InChI is InChI=1S/C18H32N2O2/c1(3-7-17-9-5-15(21-17)11-19-13-17)2-4-8-18-10-6-16(22-18)12-20-14-18/h15-16,19-20H,1-14H2. The zero-order valence-electron chi connectivity index (χ0n) is 13.9. The Labute approximate surface area is 134 Å². The number of morpholine rings is 2. The number of fused-ring (bicyclic) bond motifs is 4. The van der Waals surface area contributed by atoms with Crippen molar-refractivity contribution in [3.63, 3.8) is 0 Å². The van der Waals surface area contributed by atoms with Crippen LogP contribution in [0.15, 0.2) is 0 Å². The Morgan fingerprint density at radius 3 is 1.73 bits per heavy atom. The van der Waals surface area contributed by atoms with Gasteiger partial charge in [0.05, 0.1) is 23.4 Å². The molecule has 4 nitrogen and oxygen atoms in total. The number of unbranched alkanes of at least 4 members (excludes halogenated alkanes) is 3. The van der Waals surface area contributed by atoms with Crippen molar-refractivity contribution in [1.82, 2.24) is 10.6 Å². The second kappa shape index (κ2) is 6.39. The Morgan fingerprint density at radius 2 is 1.23 bits per heavy atom. The van der Waals surface area contributed by atoms with Crippen molar-refractivity contribution >= 4 is 0 Å². The molecule has 0 saturated carbocycles. The zero-order chi connectivity index (χ0) is 14.9. The van der Waals surface area contributed by atoms with E-state index in [1.807, 2.05) is 0 Å². The van der Waals surface area contributed by atoms with Gasteiger partial charge in [-0.15, -0.1) is 0 Å². The highest BCUT2D eigenvalue weighted by atomic mass is 16.5. The average molecular weight is 308 g/mol. The summed E-state index contributed by atoms with van der Waals surface area (Å²) in [5, 5.41) is 7.10. The molecular formula is C18H32N2O2. The van der Waals surface area contributed by atoms with Crippen LogP contribution < -0.4 is 10.6 Å².